The van der Waals surface area contributed by atoms with Gasteiger partial charge in [-0.15, -0.1) is 0 Å². The molecule has 0 saturated heterocycles. The van der Waals surface area contributed by atoms with Crippen LogP contribution in [0, 0.1) is 0 Å². The molecular formula is C15H22N2O. The highest BCUT2D eigenvalue weighted by atomic mass is 16.2. The van der Waals surface area contributed by atoms with Crippen LogP contribution in [0.5, 0.6) is 0 Å². The molecule has 1 aromatic carbocycles. The van der Waals surface area contributed by atoms with Crippen LogP contribution in [0.4, 0.5) is 5.69 Å². The van der Waals surface area contributed by atoms with Gasteiger partial charge in [-0.2, -0.15) is 0 Å². The van der Waals surface area contributed by atoms with Crippen LogP contribution in [-0.2, 0) is 10.2 Å². The molecule has 1 heterocycles. The van der Waals surface area contributed by atoms with Crippen molar-refractivity contribution in [1.82, 2.24) is 0 Å². The molecule has 0 atom stereocenters. The molecule has 0 saturated carbocycles. The summed E-state index contributed by atoms with van der Waals surface area (Å²) in [5.41, 5.74) is 7.34. The number of para-hydroxylation sites is 1. The number of carbonyl (C=O) groups is 1. The summed E-state index contributed by atoms with van der Waals surface area (Å²) in [6, 6.07) is 8.12. The van der Waals surface area contributed by atoms with Crippen molar-refractivity contribution in [3.63, 3.8) is 0 Å². The molecule has 1 aliphatic rings. The van der Waals surface area contributed by atoms with Crippen molar-refractivity contribution in [3.8, 4) is 0 Å². The largest absolute Gasteiger partial charge is 0.330 e. The third-order valence-electron chi connectivity index (χ3n) is 3.73. The molecule has 0 unspecified atom stereocenters. The quantitative estimate of drug-likeness (QED) is 0.811. The van der Waals surface area contributed by atoms with Crippen LogP contribution < -0.4 is 10.6 Å². The van der Waals surface area contributed by atoms with Crippen molar-refractivity contribution in [2.45, 2.75) is 38.5 Å². The van der Waals surface area contributed by atoms with Gasteiger partial charge < -0.3 is 10.6 Å². The minimum atomic E-state index is -0.384. The summed E-state index contributed by atoms with van der Waals surface area (Å²) < 4.78 is 0. The Kier molecular flexibility index (Phi) is 3.71. The number of unbranched alkanes of at least 4 members (excludes halogenated alkanes) is 2. The first-order valence-corrected chi connectivity index (χ1v) is 6.70. The smallest absolute Gasteiger partial charge is 0.237 e. The van der Waals surface area contributed by atoms with Crippen molar-refractivity contribution in [1.29, 1.82) is 0 Å². The maximum atomic E-state index is 12.4. The van der Waals surface area contributed by atoms with Crippen LogP contribution in [0.1, 0.15) is 38.7 Å². The molecule has 1 amide bonds. The first kappa shape index (κ1) is 13.1. The summed E-state index contributed by atoms with van der Waals surface area (Å²) in [6.07, 6.45) is 3.14. The Hall–Kier alpha value is -1.35. The third kappa shape index (κ3) is 2.15. The number of amides is 1. The van der Waals surface area contributed by atoms with Crippen molar-refractivity contribution in [2.75, 3.05) is 18.0 Å². The molecule has 1 aliphatic heterocycles. The predicted octanol–water partition coefficient (Wildman–Crippen LogP) is 2.44. The zero-order valence-corrected chi connectivity index (χ0v) is 11.3. The van der Waals surface area contributed by atoms with Crippen molar-refractivity contribution < 1.29 is 4.79 Å². The average molecular weight is 246 g/mol. The number of benzene rings is 1. The number of nitrogens with two attached hydrogens (primary N) is 1. The number of hydrogen-bond donors (Lipinski definition) is 1. The van der Waals surface area contributed by atoms with Crippen LogP contribution in [0.15, 0.2) is 24.3 Å². The van der Waals surface area contributed by atoms with E-state index in [2.05, 4.69) is 6.07 Å². The second kappa shape index (κ2) is 5.11. The zero-order valence-electron chi connectivity index (χ0n) is 11.3. The van der Waals surface area contributed by atoms with Gasteiger partial charge >= 0.3 is 0 Å². The first-order valence-electron chi connectivity index (χ1n) is 6.70. The van der Waals surface area contributed by atoms with Crippen LogP contribution >= 0.6 is 0 Å². The van der Waals surface area contributed by atoms with E-state index in [1.54, 1.807) is 0 Å². The molecule has 0 fully saturated rings. The highest BCUT2D eigenvalue weighted by Crippen LogP contribution is 2.41. The Morgan fingerprint density at radius 3 is 2.61 bits per heavy atom. The summed E-state index contributed by atoms with van der Waals surface area (Å²) in [4.78, 5) is 14.4. The number of anilines is 1. The monoisotopic (exact) mass is 246 g/mol. The van der Waals surface area contributed by atoms with E-state index in [1.165, 1.54) is 0 Å². The summed E-state index contributed by atoms with van der Waals surface area (Å²) in [5.74, 6) is 0.219. The highest BCUT2D eigenvalue weighted by Gasteiger charge is 2.42. The summed E-state index contributed by atoms with van der Waals surface area (Å²) in [5, 5.41) is 0. The zero-order chi connectivity index (χ0) is 13.2. The Morgan fingerprint density at radius 2 is 1.89 bits per heavy atom. The van der Waals surface area contributed by atoms with Gasteiger partial charge in [-0.05, 0) is 44.9 Å². The Balaban J connectivity index is 2.15. The minimum Gasteiger partial charge on any atom is -0.330 e. The lowest BCUT2D eigenvalue weighted by Crippen LogP contribution is -2.36. The molecule has 18 heavy (non-hydrogen) atoms. The van der Waals surface area contributed by atoms with E-state index in [4.69, 9.17) is 5.73 Å². The van der Waals surface area contributed by atoms with E-state index in [1.807, 2.05) is 36.9 Å². The van der Waals surface area contributed by atoms with Crippen molar-refractivity contribution in [3.05, 3.63) is 29.8 Å². The molecule has 1 aromatic rings. The van der Waals surface area contributed by atoms with E-state index in [9.17, 15) is 4.79 Å². The number of rotatable bonds is 5. The molecule has 0 spiro atoms. The van der Waals surface area contributed by atoms with Gasteiger partial charge in [0.15, 0.2) is 0 Å². The fourth-order valence-corrected chi connectivity index (χ4v) is 2.61. The normalized spacial score (nSPS) is 17.1. The first-order chi connectivity index (χ1) is 8.59. The summed E-state index contributed by atoms with van der Waals surface area (Å²) in [7, 11) is 0. The lowest BCUT2D eigenvalue weighted by atomic mass is 9.86. The van der Waals surface area contributed by atoms with Gasteiger partial charge in [0.2, 0.25) is 5.91 Å². The summed E-state index contributed by atoms with van der Waals surface area (Å²) in [6.45, 7) is 5.55. The number of hydrogen-bond acceptors (Lipinski definition) is 2. The molecule has 3 heteroatoms. The predicted molar refractivity (Wildman–Crippen MR) is 74.7 cm³/mol. The maximum Gasteiger partial charge on any atom is 0.237 e. The fraction of sp³-hybridized carbons (Fsp3) is 0.533. The molecule has 3 nitrogen and oxygen atoms in total. The van der Waals surface area contributed by atoms with Crippen molar-refractivity contribution in [2.24, 2.45) is 5.73 Å². The standard InChI is InChI=1S/C15H22N2O/c1-15(2)12-8-4-5-9-13(12)17(14(15)18)11-7-3-6-10-16/h4-5,8-9H,3,6-7,10-11,16H2,1-2H3. The third-order valence-corrected chi connectivity index (χ3v) is 3.73. The molecular weight excluding hydrogens is 224 g/mol. The molecule has 0 aliphatic carbocycles. The molecule has 2 rings (SSSR count). The number of fused-ring (bicyclic) bond motifs is 1. The molecule has 0 aromatic heterocycles. The van der Waals surface area contributed by atoms with Gasteiger partial charge in [-0.1, -0.05) is 24.6 Å². The van der Waals surface area contributed by atoms with E-state index in [-0.39, 0.29) is 11.3 Å². The Morgan fingerprint density at radius 1 is 1.17 bits per heavy atom. The van der Waals surface area contributed by atoms with E-state index in [0.29, 0.717) is 0 Å². The average Bonchev–Trinajstić information content (AvgIpc) is 2.56. The van der Waals surface area contributed by atoms with E-state index >= 15 is 0 Å². The molecule has 0 radical (unpaired) electrons. The fourth-order valence-electron chi connectivity index (χ4n) is 2.61. The van der Waals surface area contributed by atoms with Gasteiger partial charge in [-0.3, -0.25) is 4.79 Å². The lowest BCUT2D eigenvalue weighted by Gasteiger charge is -2.20. The van der Waals surface area contributed by atoms with Crippen LogP contribution in [0.25, 0.3) is 0 Å². The van der Waals surface area contributed by atoms with Gasteiger partial charge in [0, 0.05) is 12.2 Å². The second-order valence-corrected chi connectivity index (χ2v) is 5.45. The van der Waals surface area contributed by atoms with Crippen LogP contribution in [-0.4, -0.2) is 19.0 Å². The summed E-state index contributed by atoms with van der Waals surface area (Å²) >= 11 is 0. The lowest BCUT2D eigenvalue weighted by molar-refractivity contribution is -0.122. The van der Waals surface area contributed by atoms with Crippen LogP contribution in [0.3, 0.4) is 0 Å². The minimum absolute atomic E-state index is 0.219. The molecule has 0 bridgehead atoms. The van der Waals surface area contributed by atoms with Gasteiger partial charge in [0.1, 0.15) is 0 Å². The second-order valence-electron chi connectivity index (χ2n) is 5.45. The van der Waals surface area contributed by atoms with Gasteiger partial charge in [0.25, 0.3) is 0 Å². The number of carbonyl (C=O) groups excluding carboxylic acids is 1. The van der Waals surface area contributed by atoms with E-state index < -0.39 is 0 Å². The topological polar surface area (TPSA) is 46.3 Å². The highest BCUT2D eigenvalue weighted by molar-refractivity contribution is 6.07. The van der Waals surface area contributed by atoms with Gasteiger partial charge in [0.05, 0.1) is 5.41 Å². The molecule has 98 valence electrons. The Bertz CT molecular complexity index is 440. The number of nitrogens with zero attached hydrogens (tertiary/aromatic N) is 1. The SMILES string of the molecule is CC1(C)C(=O)N(CCCCCN)c2ccccc21. The van der Waals surface area contributed by atoms with E-state index in [0.717, 1.165) is 43.6 Å². The van der Waals surface area contributed by atoms with Crippen LogP contribution in [0.2, 0.25) is 0 Å². The van der Waals surface area contributed by atoms with Gasteiger partial charge in [-0.25, -0.2) is 0 Å². The molecule has 2 N–H and O–H groups in total. The maximum absolute atomic E-state index is 12.4. The van der Waals surface area contributed by atoms with Crippen molar-refractivity contribution >= 4 is 11.6 Å². The Labute approximate surface area is 109 Å².